The predicted octanol–water partition coefficient (Wildman–Crippen LogP) is 2.37. The van der Waals surface area contributed by atoms with Crippen molar-refractivity contribution in [3.63, 3.8) is 0 Å². The highest BCUT2D eigenvalue weighted by atomic mass is 32.2. The molecule has 6 nitrogen and oxygen atoms in total. The molecule has 0 aliphatic carbocycles. The average Bonchev–Trinajstić information content (AvgIpc) is 2.90. The standard InChI is InChI=1S/C17H13NO5S/c1-24(20,21)23-14-9-7-12(8-10-14)11-15-17(19)22-16(18-15)13-5-3-2-4-6-13/h2-11H,1H3/b15-11+. The Kier molecular flexibility index (Phi) is 4.18. The number of hydrogen-bond acceptors (Lipinski definition) is 6. The molecule has 1 aliphatic heterocycles. The highest BCUT2D eigenvalue weighted by molar-refractivity contribution is 7.86. The second-order valence-corrected chi connectivity index (χ2v) is 6.63. The van der Waals surface area contributed by atoms with E-state index in [-0.39, 0.29) is 17.3 Å². The van der Waals surface area contributed by atoms with E-state index in [2.05, 4.69) is 4.99 Å². The Balaban J connectivity index is 1.83. The molecule has 0 atom stereocenters. The summed E-state index contributed by atoms with van der Waals surface area (Å²) in [6.45, 7) is 0. The third-order valence-electron chi connectivity index (χ3n) is 3.07. The summed E-state index contributed by atoms with van der Waals surface area (Å²) >= 11 is 0. The molecule has 0 spiro atoms. The van der Waals surface area contributed by atoms with Gasteiger partial charge in [-0.05, 0) is 35.9 Å². The fourth-order valence-corrected chi connectivity index (χ4v) is 2.53. The maximum Gasteiger partial charge on any atom is 0.363 e. The van der Waals surface area contributed by atoms with Gasteiger partial charge in [0.1, 0.15) is 5.75 Å². The Morgan fingerprint density at radius 2 is 1.71 bits per heavy atom. The van der Waals surface area contributed by atoms with Crippen LogP contribution in [-0.2, 0) is 19.6 Å². The van der Waals surface area contributed by atoms with Crippen molar-refractivity contribution in [3.05, 3.63) is 71.4 Å². The molecule has 0 fully saturated rings. The van der Waals surface area contributed by atoms with E-state index in [9.17, 15) is 13.2 Å². The summed E-state index contributed by atoms with van der Waals surface area (Å²) < 4.78 is 32.0. The topological polar surface area (TPSA) is 82.0 Å². The van der Waals surface area contributed by atoms with Crippen LogP contribution in [0.5, 0.6) is 5.75 Å². The molecule has 24 heavy (non-hydrogen) atoms. The van der Waals surface area contributed by atoms with Crippen LogP contribution in [0.15, 0.2) is 65.3 Å². The SMILES string of the molecule is CS(=O)(=O)Oc1ccc(/C=C2/N=C(c3ccccc3)OC2=O)cc1. The van der Waals surface area contributed by atoms with Crippen molar-refractivity contribution in [2.24, 2.45) is 4.99 Å². The Hall–Kier alpha value is -2.93. The molecule has 0 amide bonds. The Labute approximate surface area is 139 Å². The van der Waals surface area contributed by atoms with Gasteiger partial charge in [0.15, 0.2) is 5.70 Å². The number of carbonyl (C=O) groups is 1. The summed E-state index contributed by atoms with van der Waals surface area (Å²) in [5.74, 6) is -0.0867. The summed E-state index contributed by atoms with van der Waals surface area (Å²) in [5.41, 5.74) is 1.55. The molecule has 2 aromatic rings. The zero-order valence-electron chi connectivity index (χ0n) is 12.7. The summed E-state index contributed by atoms with van der Waals surface area (Å²) in [5, 5.41) is 0. The molecular weight excluding hydrogens is 330 g/mol. The first-order chi connectivity index (χ1) is 11.4. The molecule has 122 valence electrons. The van der Waals surface area contributed by atoms with E-state index < -0.39 is 16.1 Å². The van der Waals surface area contributed by atoms with E-state index in [0.29, 0.717) is 11.1 Å². The number of aliphatic imine (C=N–C) groups is 1. The number of benzene rings is 2. The van der Waals surface area contributed by atoms with Gasteiger partial charge < -0.3 is 8.92 Å². The van der Waals surface area contributed by atoms with Crippen LogP contribution in [0.1, 0.15) is 11.1 Å². The minimum atomic E-state index is -3.57. The van der Waals surface area contributed by atoms with Gasteiger partial charge in [0, 0.05) is 5.56 Å². The van der Waals surface area contributed by atoms with Crippen molar-refractivity contribution in [3.8, 4) is 5.75 Å². The molecule has 0 unspecified atom stereocenters. The van der Waals surface area contributed by atoms with E-state index in [1.807, 2.05) is 18.2 Å². The minimum Gasteiger partial charge on any atom is -0.402 e. The lowest BCUT2D eigenvalue weighted by Gasteiger charge is -2.02. The summed E-state index contributed by atoms with van der Waals surface area (Å²) in [6, 6.07) is 15.3. The number of carbonyl (C=O) groups excluding carboxylic acids is 1. The Morgan fingerprint density at radius 3 is 2.33 bits per heavy atom. The first kappa shape index (κ1) is 15.9. The second kappa shape index (κ2) is 6.29. The molecule has 2 aromatic carbocycles. The van der Waals surface area contributed by atoms with Gasteiger partial charge >= 0.3 is 16.1 Å². The molecule has 7 heteroatoms. The third kappa shape index (κ3) is 3.88. The molecule has 3 rings (SSSR count). The molecule has 0 radical (unpaired) electrons. The first-order valence-electron chi connectivity index (χ1n) is 6.98. The van der Waals surface area contributed by atoms with Gasteiger partial charge in [-0.2, -0.15) is 8.42 Å². The molecule has 0 aromatic heterocycles. The third-order valence-corrected chi connectivity index (χ3v) is 3.57. The van der Waals surface area contributed by atoms with Crippen LogP contribution < -0.4 is 4.18 Å². The molecule has 0 N–H and O–H groups in total. The smallest absolute Gasteiger partial charge is 0.363 e. The van der Waals surface area contributed by atoms with Gasteiger partial charge in [-0.3, -0.25) is 0 Å². The molecule has 1 heterocycles. The maximum absolute atomic E-state index is 11.9. The van der Waals surface area contributed by atoms with Crippen molar-refractivity contribution in [2.45, 2.75) is 0 Å². The fourth-order valence-electron chi connectivity index (χ4n) is 2.07. The van der Waals surface area contributed by atoms with Crippen LogP contribution >= 0.6 is 0 Å². The highest BCUT2D eigenvalue weighted by Gasteiger charge is 2.23. The average molecular weight is 343 g/mol. The van der Waals surface area contributed by atoms with E-state index in [4.69, 9.17) is 8.92 Å². The van der Waals surface area contributed by atoms with Gasteiger partial charge in [-0.1, -0.05) is 30.3 Å². The van der Waals surface area contributed by atoms with E-state index in [1.54, 1.807) is 30.3 Å². The summed E-state index contributed by atoms with van der Waals surface area (Å²) in [7, 11) is -3.57. The van der Waals surface area contributed by atoms with Crippen molar-refractivity contribution in [1.29, 1.82) is 0 Å². The second-order valence-electron chi connectivity index (χ2n) is 5.06. The van der Waals surface area contributed by atoms with Crippen LogP contribution in [-0.4, -0.2) is 26.5 Å². The van der Waals surface area contributed by atoms with Crippen LogP contribution in [0.25, 0.3) is 6.08 Å². The molecule has 0 bridgehead atoms. The lowest BCUT2D eigenvalue weighted by molar-refractivity contribution is -0.129. The highest BCUT2D eigenvalue weighted by Crippen LogP contribution is 2.21. The van der Waals surface area contributed by atoms with Crippen LogP contribution in [0.2, 0.25) is 0 Å². The van der Waals surface area contributed by atoms with Crippen molar-refractivity contribution in [1.82, 2.24) is 0 Å². The van der Waals surface area contributed by atoms with Crippen molar-refractivity contribution >= 4 is 28.1 Å². The van der Waals surface area contributed by atoms with Gasteiger partial charge in [-0.25, -0.2) is 9.79 Å². The van der Waals surface area contributed by atoms with E-state index in [1.165, 1.54) is 12.1 Å². The minimum absolute atomic E-state index is 0.172. The summed E-state index contributed by atoms with van der Waals surface area (Å²) in [4.78, 5) is 16.1. The number of esters is 1. The monoisotopic (exact) mass is 343 g/mol. The van der Waals surface area contributed by atoms with Crippen molar-refractivity contribution in [2.75, 3.05) is 6.26 Å². The van der Waals surface area contributed by atoms with Gasteiger partial charge in [0.05, 0.1) is 6.26 Å². The quantitative estimate of drug-likeness (QED) is 0.483. The zero-order chi connectivity index (χ0) is 17.2. The molecule has 0 saturated heterocycles. The number of ether oxygens (including phenoxy) is 1. The molecule has 0 saturated carbocycles. The fraction of sp³-hybridized carbons (Fsp3) is 0.0588. The largest absolute Gasteiger partial charge is 0.402 e. The Bertz CT molecular complexity index is 929. The predicted molar refractivity (Wildman–Crippen MR) is 89.0 cm³/mol. The number of cyclic esters (lactones) is 1. The van der Waals surface area contributed by atoms with Crippen LogP contribution in [0.4, 0.5) is 0 Å². The van der Waals surface area contributed by atoms with Gasteiger partial charge in [-0.15, -0.1) is 0 Å². The lowest BCUT2D eigenvalue weighted by atomic mass is 10.2. The number of hydrogen-bond donors (Lipinski definition) is 0. The zero-order valence-corrected chi connectivity index (χ0v) is 13.5. The number of nitrogens with zero attached hydrogens (tertiary/aromatic N) is 1. The van der Waals surface area contributed by atoms with Crippen LogP contribution in [0.3, 0.4) is 0 Å². The van der Waals surface area contributed by atoms with Gasteiger partial charge in [0.25, 0.3) is 0 Å². The van der Waals surface area contributed by atoms with Crippen LogP contribution in [0, 0.1) is 0 Å². The lowest BCUT2D eigenvalue weighted by Crippen LogP contribution is -2.05. The normalized spacial score (nSPS) is 16.0. The van der Waals surface area contributed by atoms with E-state index in [0.717, 1.165) is 6.26 Å². The van der Waals surface area contributed by atoms with Crippen molar-refractivity contribution < 1.29 is 22.1 Å². The Morgan fingerprint density at radius 1 is 1.04 bits per heavy atom. The first-order valence-corrected chi connectivity index (χ1v) is 8.80. The molecule has 1 aliphatic rings. The number of rotatable bonds is 4. The van der Waals surface area contributed by atoms with E-state index >= 15 is 0 Å². The maximum atomic E-state index is 11.9. The molecular formula is C17H13NO5S. The van der Waals surface area contributed by atoms with Gasteiger partial charge in [0.2, 0.25) is 5.90 Å². The summed E-state index contributed by atoms with van der Waals surface area (Å²) in [6.07, 6.45) is 2.53.